The van der Waals surface area contributed by atoms with Crippen molar-refractivity contribution in [2.24, 2.45) is 0 Å². The highest BCUT2D eigenvalue weighted by atomic mass is 32.2. The van der Waals surface area contributed by atoms with Gasteiger partial charge in [0.2, 0.25) is 0 Å². The summed E-state index contributed by atoms with van der Waals surface area (Å²) in [6.07, 6.45) is 1.71. The first-order chi connectivity index (χ1) is 6.19. The number of hydrogen-bond donors (Lipinski definition) is 2. The molecule has 0 atom stereocenters. The Hall–Kier alpha value is -1.07. The van der Waals surface area contributed by atoms with E-state index in [0.717, 1.165) is 0 Å². The molecule has 70 valence electrons. The third-order valence-electron chi connectivity index (χ3n) is 1.51. The summed E-state index contributed by atoms with van der Waals surface area (Å²) in [6.45, 7) is 0. The standard InChI is InChI=1S/C8H8FNO2S/c1-13-7-4-5(8(11)10-12)2-3-6(7)9/h2-4,12H,1H3,(H,10,11). The largest absolute Gasteiger partial charge is 0.288 e. The molecule has 0 bridgehead atoms. The maximum atomic E-state index is 12.9. The smallest absolute Gasteiger partial charge is 0.274 e. The third-order valence-corrected chi connectivity index (χ3v) is 2.27. The maximum absolute atomic E-state index is 12.9. The van der Waals surface area contributed by atoms with E-state index in [4.69, 9.17) is 5.21 Å². The highest BCUT2D eigenvalue weighted by Gasteiger charge is 2.07. The fourth-order valence-corrected chi connectivity index (χ4v) is 1.37. The molecular formula is C8H8FNO2S. The highest BCUT2D eigenvalue weighted by molar-refractivity contribution is 7.98. The molecule has 0 saturated carbocycles. The van der Waals surface area contributed by atoms with Gasteiger partial charge in [0.05, 0.1) is 0 Å². The average Bonchev–Trinajstić information content (AvgIpc) is 2.17. The fourth-order valence-electron chi connectivity index (χ4n) is 0.866. The van der Waals surface area contributed by atoms with Crippen molar-refractivity contribution in [2.75, 3.05) is 6.26 Å². The summed E-state index contributed by atoms with van der Waals surface area (Å²) in [5.41, 5.74) is 1.71. The summed E-state index contributed by atoms with van der Waals surface area (Å²) in [5.74, 6) is -1.02. The number of hydrogen-bond acceptors (Lipinski definition) is 3. The van der Waals surface area contributed by atoms with Crippen molar-refractivity contribution in [2.45, 2.75) is 4.90 Å². The van der Waals surface area contributed by atoms with Crippen LogP contribution in [-0.4, -0.2) is 17.4 Å². The van der Waals surface area contributed by atoms with Crippen LogP contribution < -0.4 is 5.48 Å². The minimum absolute atomic E-state index is 0.230. The van der Waals surface area contributed by atoms with E-state index in [1.165, 1.54) is 35.4 Å². The SMILES string of the molecule is CSc1cc(C(=O)NO)ccc1F. The topological polar surface area (TPSA) is 49.3 Å². The number of benzene rings is 1. The number of nitrogens with one attached hydrogen (secondary N) is 1. The molecule has 1 aromatic rings. The second kappa shape index (κ2) is 4.25. The minimum Gasteiger partial charge on any atom is -0.288 e. The molecule has 0 fully saturated rings. The van der Waals surface area contributed by atoms with Crippen LogP contribution >= 0.6 is 11.8 Å². The Bertz CT molecular complexity index is 330. The Morgan fingerprint density at radius 1 is 1.62 bits per heavy atom. The van der Waals surface area contributed by atoms with Crippen LogP contribution in [0.1, 0.15) is 10.4 Å². The Morgan fingerprint density at radius 3 is 2.85 bits per heavy atom. The van der Waals surface area contributed by atoms with Gasteiger partial charge in [0.25, 0.3) is 5.91 Å². The van der Waals surface area contributed by atoms with Crippen molar-refractivity contribution in [1.82, 2.24) is 5.48 Å². The zero-order valence-electron chi connectivity index (χ0n) is 6.87. The van der Waals surface area contributed by atoms with Crippen LogP contribution in [0.2, 0.25) is 0 Å². The Labute approximate surface area is 78.9 Å². The summed E-state index contributed by atoms with van der Waals surface area (Å²) in [7, 11) is 0. The Kier molecular flexibility index (Phi) is 3.27. The van der Waals surface area contributed by atoms with Gasteiger partial charge in [-0.05, 0) is 24.5 Å². The van der Waals surface area contributed by atoms with E-state index >= 15 is 0 Å². The number of hydroxylamine groups is 1. The van der Waals surface area contributed by atoms with Gasteiger partial charge < -0.3 is 0 Å². The number of amides is 1. The third kappa shape index (κ3) is 2.19. The molecule has 0 aromatic heterocycles. The first kappa shape index (κ1) is 10.0. The van der Waals surface area contributed by atoms with E-state index in [1.54, 1.807) is 6.26 Å². The van der Waals surface area contributed by atoms with Crippen molar-refractivity contribution in [3.05, 3.63) is 29.6 Å². The Morgan fingerprint density at radius 2 is 2.31 bits per heavy atom. The molecule has 13 heavy (non-hydrogen) atoms. The minimum atomic E-state index is -0.643. The van der Waals surface area contributed by atoms with Crippen LogP contribution in [0, 0.1) is 5.82 Å². The van der Waals surface area contributed by atoms with Crippen molar-refractivity contribution in [3.63, 3.8) is 0 Å². The van der Waals surface area contributed by atoms with Gasteiger partial charge >= 0.3 is 0 Å². The lowest BCUT2D eigenvalue weighted by Crippen LogP contribution is -2.18. The molecule has 0 spiro atoms. The van der Waals surface area contributed by atoms with Crippen LogP contribution in [0.5, 0.6) is 0 Å². The van der Waals surface area contributed by atoms with Gasteiger partial charge in [-0.1, -0.05) is 0 Å². The summed E-state index contributed by atoms with van der Waals surface area (Å²) in [5, 5.41) is 8.32. The summed E-state index contributed by atoms with van der Waals surface area (Å²) >= 11 is 1.20. The summed E-state index contributed by atoms with van der Waals surface area (Å²) in [4.78, 5) is 11.3. The van der Waals surface area contributed by atoms with Gasteiger partial charge in [-0.3, -0.25) is 10.0 Å². The van der Waals surface area contributed by atoms with Gasteiger partial charge in [0.15, 0.2) is 0 Å². The van der Waals surface area contributed by atoms with Gasteiger partial charge in [-0.2, -0.15) is 0 Å². The van der Waals surface area contributed by atoms with Crippen molar-refractivity contribution in [3.8, 4) is 0 Å². The lowest BCUT2D eigenvalue weighted by Gasteiger charge is -2.02. The van der Waals surface area contributed by atoms with Crippen molar-refractivity contribution >= 4 is 17.7 Å². The lowest BCUT2D eigenvalue weighted by atomic mass is 10.2. The molecule has 0 unspecified atom stereocenters. The molecule has 1 aromatic carbocycles. The van der Waals surface area contributed by atoms with Crippen molar-refractivity contribution < 1.29 is 14.4 Å². The van der Waals surface area contributed by atoms with Crippen LogP contribution in [-0.2, 0) is 0 Å². The van der Waals surface area contributed by atoms with E-state index in [2.05, 4.69) is 0 Å². The molecule has 0 saturated heterocycles. The molecule has 2 N–H and O–H groups in total. The first-order valence-electron chi connectivity index (χ1n) is 3.47. The molecular weight excluding hydrogens is 193 g/mol. The van der Waals surface area contributed by atoms with E-state index in [-0.39, 0.29) is 11.4 Å². The van der Waals surface area contributed by atoms with Crippen LogP contribution in [0.3, 0.4) is 0 Å². The monoisotopic (exact) mass is 201 g/mol. The molecule has 5 heteroatoms. The maximum Gasteiger partial charge on any atom is 0.274 e. The zero-order chi connectivity index (χ0) is 9.84. The number of carbonyl (C=O) groups excluding carboxylic acids is 1. The molecule has 3 nitrogen and oxygen atoms in total. The highest BCUT2D eigenvalue weighted by Crippen LogP contribution is 2.20. The van der Waals surface area contributed by atoms with E-state index in [9.17, 15) is 9.18 Å². The zero-order valence-corrected chi connectivity index (χ0v) is 7.69. The summed E-state index contributed by atoms with van der Waals surface area (Å²) < 4.78 is 12.9. The second-order valence-corrected chi connectivity index (χ2v) is 3.14. The van der Waals surface area contributed by atoms with Gasteiger partial charge in [0, 0.05) is 10.5 Å². The number of carbonyl (C=O) groups is 1. The van der Waals surface area contributed by atoms with E-state index < -0.39 is 5.91 Å². The van der Waals surface area contributed by atoms with E-state index in [1.807, 2.05) is 0 Å². The molecule has 1 rings (SSSR count). The molecule has 0 radical (unpaired) electrons. The predicted octanol–water partition coefficient (Wildman–Crippen LogP) is 1.67. The number of thioether (sulfide) groups is 1. The number of rotatable bonds is 2. The second-order valence-electron chi connectivity index (χ2n) is 2.29. The van der Waals surface area contributed by atoms with Gasteiger partial charge in [-0.25, -0.2) is 9.87 Å². The summed E-state index contributed by atoms with van der Waals surface area (Å²) in [6, 6.07) is 3.88. The van der Waals surface area contributed by atoms with Gasteiger partial charge in [0.1, 0.15) is 5.82 Å². The van der Waals surface area contributed by atoms with Crippen LogP contribution in [0.15, 0.2) is 23.1 Å². The predicted molar refractivity (Wildman–Crippen MR) is 47.4 cm³/mol. The first-order valence-corrected chi connectivity index (χ1v) is 4.69. The number of halogens is 1. The quantitative estimate of drug-likeness (QED) is 0.434. The average molecular weight is 201 g/mol. The lowest BCUT2D eigenvalue weighted by molar-refractivity contribution is 0.0706. The Balaban J connectivity index is 3.06. The van der Waals surface area contributed by atoms with Crippen LogP contribution in [0.25, 0.3) is 0 Å². The molecule has 1 amide bonds. The molecule has 0 heterocycles. The molecule has 0 aliphatic rings. The van der Waals surface area contributed by atoms with Gasteiger partial charge in [-0.15, -0.1) is 11.8 Å². The van der Waals surface area contributed by atoms with E-state index in [0.29, 0.717) is 4.90 Å². The molecule has 0 aliphatic carbocycles. The normalized spacial score (nSPS) is 9.77. The molecule has 0 aliphatic heterocycles. The van der Waals surface area contributed by atoms with Crippen molar-refractivity contribution in [1.29, 1.82) is 0 Å². The fraction of sp³-hybridized carbons (Fsp3) is 0.125. The van der Waals surface area contributed by atoms with Crippen LogP contribution in [0.4, 0.5) is 4.39 Å².